The largest absolute Gasteiger partial charge is 0.380 e. The summed E-state index contributed by atoms with van der Waals surface area (Å²) < 4.78 is 0. The molecule has 1 aromatic rings. The van der Waals surface area contributed by atoms with Crippen LogP contribution in [0.2, 0.25) is 0 Å². The van der Waals surface area contributed by atoms with E-state index in [1.165, 1.54) is 17.7 Å². The zero-order valence-corrected chi connectivity index (χ0v) is 10.0. The molecule has 0 aromatic carbocycles. The number of anilines is 2. The molecule has 2 rings (SSSR count). The predicted molar refractivity (Wildman–Crippen MR) is 67.9 cm³/mol. The molecule has 2 heterocycles. The molecule has 1 aliphatic heterocycles. The van der Waals surface area contributed by atoms with Gasteiger partial charge in [-0.1, -0.05) is 0 Å². The molecule has 0 radical (unpaired) electrons. The van der Waals surface area contributed by atoms with Crippen LogP contribution in [0.1, 0.15) is 12.0 Å². The number of aryl methyl sites for hydroxylation is 1. The van der Waals surface area contributed by atoms with Crippen molar-refractivity contribution in [2.45, 2.75) is 19.4 Å². The number of aromatic nitrogens is 1. The topological polar surface area (TPSA) is 37.0 Å². The summed E-state index contributed by atoms with van der Waals surface area (Å²) in [5.74, 6) is 2.19. The summed E-state index contributed by atoms with van der Waals surface area (Å²) in [5, 5.41) is 6.90. The maximum Gasteiger partial charge on any atom is 0.149 e. The van der Waals surface area contributed by atoms with Crippen molar-refractivity contribution >= 4 is 23.3 Å². The number of hydrogen-bond donors (Lipinski definition) is 2. The van der Waals surface area contributed by atoms with Crippen LogP contribution in [-0.4, -0.2) is 29.6 Å². The highest BCUT2D eigenvalue weighted by molar-refractivity contribution is 7.98. The Bertz CT molecular complexity index is 341. The van der Waals surface area contributed by atoms with Gasteiger partial charge in [0.25, 0.3) is 0 Å². The minimum atomic E-state index is 0.514. The van der Waals surface area contributed by atoms with Gasteiger partial charge < -0.3 is 10.6 Å². The average molecular weight is 223 g/mol. The first-order chi connectivity index (χ1) is 7.29. The fraction of sp³-hybridized carbons (Fsp3) is 0.545. The lowest BCUT2D eigenvalue weighted by molar-refractivity contribution is 0.713. The van der Waals surface area contributed by atoms with Gasteiger partial charge in [-0.3, -0.25) is 0 Å². The molecule has 2 N–H and O–H groups in total. The van der Waals surface area contributed by atoms with Crippen LogP contribution < -0.4 is 10.6 Å². The van der Waals surface area contributed by atoms with Gasteiger partial charge in [0.05, 0.1) is 5.69 Å². The number of rotatable bonds is 3. The van der Waals surface area contributed by atoms with E-state index in [-0.39, 0.29) is 0 Å². The second-order valence-electron chi connectivity index (χ2n) is 3.91. The van der Waals surface area contributed by atoms with Crippen LogP contribution in [-0.2, 0) is 0 Å². The predicted octanol–water partition coefficient (Wildman–Crippen LogP) is 2.35. The van der Waals surface area contributed by atoms with Gasteiger partial charge in [-0.2, -0.15) is 11.8 Å². The summed E-state index contributed by atoms with van der Waals surface area (Å²) in [4.78, 5) is 4.40. The fourth-order valence-electron chi connectivity index (χ4n) is 1.73. The van der Waals surface area contributed by atoms with Gasteiger partial charge >= 0.3 is 0 Å². The van der Waals surface area contributed by atoms with E-state index in [9.17, 15) is 0 Å². The van der Waals surface area contributed by atoms with Crippen LogP contribution in [0, 0.1) is 6.92 Å². The molecular formula is C11H17N3S. The molecule has 1 atom stereocenters. The second kappa shape index (κ2) is 4.75. The molecule has 3 nitrogen and oxygen atoms in total. The number of nitrogens with zero attached hydrogens (tertiary/aromatic N) is 1. The molecule has 0 fully saturated rings. The van der Waals surface area contributed by atoms with Gasteiger partial charge in [0.2, 0.25) is 0 Å². The van der Waals surface area contributed by atoms with Crippen LogP contribution in [0.15, 0.2) is 12.3 Å². The number of pyridine rings is 1. The number of nitrogens with one attached hydrogen (secondary N) is 2. The third-order valence-electron chi connectivity index (χ3n) is 2.57. The van der Waals surface area contributed by atoms with Gasteiger partial charge in [0, 0.05) is 18.8 Å². The van der Waals surface area contributed by atoms with Gasteiger partial charge in [-0.05, 0) is 37.0 Å². The monoisotopic (exact) mass is 223 g/mol. The number of fused-ring (bicyclic) bond motifs is 1. The molecule has 0 bridgehead atoms. The highest BCUT2D eigenvalue weighted by atomic mass is 32.2. The van der Waals surface area contributed by atoms with Crippen LogP contribution >= 0.6 is 11.8 Å². The standard InChI is InChI=1S/C11H17N3S/c1-8-5-10-11(13-6-8)14-9(7-12-10)3-4-15-2/h5-6,9,12H,3-4,7H2,1-2H3,(H,13,14). The van der Waals surface area contributed by atoms with Gasteiger partial charge in [0.1, 0.15) is 5.82 Å². The van der Waals surface area contributed by atoms with E-state index in [1.54, 1.807) is 0 Å². The van der Waals surface area contributed by atoms with Crippen molar-refractivity contribution in [1.29, 1.82) is 0 Å². The Morgan fingerprint density at radius 2 is 2.47 bits per heavy atom. The van der Waals surface area contributed by atoms with Gasteiger partial charge in [-0.25, -0.2) is 4.98 Å². The Hall–Kier alpha value is -0.900. The van der Waals surface area contributed by atoms with Crippen LogP contribution in [0.4, 0.5) is 11.5 Å². The van der Waals surface area contributed by atoms with Crippen LogP contribution in [0.5, 0.6) is 0 Å². The molecule has 0 saturated heterocycles. The molecule has 82 valence electrons. The molecular weight excluding hydrogens is 206 g/mol. The third kappa shape index (κ3) is 2.56. The first-order valence-electron chi connectivity index (χ1n) is 5.25. The molecule has 4 heteroatoms. The average Bonchev–Trinajstić information content (AvgIpc) is 2.26. The molecule has 0 aliphatic carbocycles. The molecule has 1 aromatic heterocycles. The summed E-state index contributed by atoms with van der Waals surface area (Å²) in [6, 6.07) is 2.65. The highest BCUT2D eigenvalue weighted by Crippen LogP contribution is 2.25. The van der Waals surface area contributed by atoms with Crippen molar-refractivity contribution in [2.24, 2.45) is 0 Å². The molecule has 0 spiro atoms. The van der Waals surface area contributed by atoms with Crippen LogP contribution in [0.3, 0.4) is 0 Å². The SMILES string of the molecule is CSCCC1CNc2cc(C)cnc2N1. The van der Waals surface area contributed by atoms with Crippen molar-refractivity contribution in [3.63, 3.8) is 0 Å². The summed E-state index contributed by atoms with van der Waals surface area (Å²) in [6.07, 6.45) is 5.24. The quantitative estimate of drug-likeness (QED) is 0.825. The van der Waals surface area contributed by atoms with E-state index >= 15 is 0 Å². The lowest BCUT2D eigenvalue weighted by Crippen LogP contribution is -2.34. The zero-order chi connectivity index (χ0) is 10.7. The smallest absolute Gasteiger partial charge is 0.149 e. The Morgan fingerprint density at radius 1 is 1.60 bits per heavy atom. The fourth-order valence-corrected chi connectivity index (χ4v) is 2.25. The Balaban J connectivity index is 2.03. The summed E-state index contributed by atoms with van der Waals surface area (Å²) >= 11 is 1.89. The number of hydrogen-bond acceptors (Lipinski definition) is 4. The third-order valence-corrected chi connectivity index (χ3v) is 3.22. The van der Waals surface area contributed by atoms with Crippen molar-refractivity contribution in [3.8, 4) is 0 Å². The Kier molecular flexibility index (Phi) is 3.36. The molecule has 15 heavy (non-hydrogen) atoms. The van der Waals surface area contributed by atoms with Crippen molar-refractivity contribution in [2.75, 3.05) is 29.2 Å². The maximum atomic E-state index is 4.40. The summed E-state index contributed by atoms with van der Waals surface area (Å²) in [6.45, 7) is 3.06. The Labute approximate surface area is 95.1 Å². The maximum absolute atomic E-state index is 4.40. The van der Waals surface area contributed by atoms with Crippen molar-refractivity contribution in [1.82, 2.24) is 4.98 Å². The van der Waals surface area contributed by atoms with Crippen molar-refractivity contribution in [3.05, 3.63) is 17.8 Å². The van der Waals surface area contributed by atoms with Crippen molar-refractivity contribution < 1.29 is 0 Å². The van der Waals surface area contributed by atoms with E-state index in [4.69, 9.17) is 0 Å². The van der Waals surface area contributed by atoms with Gasteiger partial charge in [0.15, 0.2) is 0 Å². The highest BCUT2D eigenvalue weighted by Gasteiger charge is 2.17. The van der Waals surface area contributed by atoms with E-state index in [2.05, 4.69) is 34.9 Å². The molecule has 1 unspecified atom stereocenters. The lowest BCUT2D eigenvalue weighted by Gasteiger charge is -2.27. The van der Waals surface area contributed by atoms with Crippen LogP contribution in [0.25, 0.3) is 0 Å². The normalized spacial score (nSPS) is 18.9. The minimum absolute atomic E-state index is 0.514. The summed E-state index contributed by atoms with van der Waals surface area (Å²) in [5.41, 5.74) is 2.33. The first kappa shape index (κ1) is 10.6. The first-order valence-corrected chi connectivity index (χ1v) is 6.65. The number of thioether (sulfide) groups is 1. The van der Waals surface area contributed by atoms with E-state index in [0.717, 1.165) is 18.1 Å². The minimum Gasteiger partial charge on any atom is -0.380 e. The van der Waals surface area contributed by atoms with E-state index in [0.29, 0.717) is 6.04 Å². The second-order valence-corrected chi connectivity index (χ2v) is 4.90. The van der Waals surface area contributed by atoms with E-state index in [1.807, 2.05) is 18.0 Å². The lowest BCUT2D eigenvalue weighted by atomic mass is 10.1. The molecule has 0 amide bonds. The zero-order valence-electron chi connectivity index (χ0n) is 9.21. The Morgan fingerprint density at radius 3 is 3.27 bits per heavy atom. The molecule has 0 saturated carbocycles. The van der Waals surface area contributed by atoms with Gasteiger partial charge in [-0.15, -0.1) is 0 Å². The van der Waals surface area contributed by atoms with E-state index < -0.39 is 0 Å². The summed E-state index contributed by atoms with van der Waals surface area (Å²) in [7, 11) is 0. The molecule has 1 aliphatic rings.